The minimum absolute atomic E-state index is 0.00137. The van der Waals surface area contributed by atoms with Crippen LogP contribution in [0.5, 0.6) is 0 Å². The van der Waals surface area contributed by atoms with Gasteiger partial charge in [0.15, 0.2) is 0 Å². The van der Waals surface area contributed by atoms with Crippen molar-refractivity contribution in [3.63, 3.8) is 0 Å². The Hall–Kier alpha value is -0.940. The fraction of sp³-hybridized carbons (Fsp3) is 0.600. The number of alkyl halides is 2. The van der Waals surface area contributed by atoms with Crippen LogP contribution in [-0.2, 0) is 23.8 Å². The molecule has 0 atom stereocenters. The first kappa shape index (κ1) is 16.1. The summed E-state index contributed by atoms with van der Waals surface area (Å²) < 4.78 is 14.3. The third-order valence-electron chi connectivity index (χ3n) is 1.48. The first-order valence-electron chi connectivity index (χ1n) is 4.89. The van der Waals surface area contributed by atoms with E-state index in [1.807, 2.05) is 0 Å². The van der Waals surface area contributed by atoms with E-state index in [-0.39, 0.29) is 13.2 Å². The second kappa shape index (κ2) is 9.13. The number of hydrogen-bond acceptors (Lipinski definition) is 5. The molecular formula is C10H14Cl2O5. The highest BCUT2D eigenvalue weighted by molar-refractivity contribution is 6.52. The smallest absolute Gasteiger partial charge is 0.339 e. The van der Waals surface area contributed by atoms with E-state index in [0.29, 0.717) is 12.2 Å². The molecule has 0 heterocycles. The maximum Gasteiger partial charge on any atom is 0.339 e. The molecule has 0 aromatic carbocycles. The molecule has 0 unspecified atom stereocenters. The van der Waals surface area contributed by atoms with E-state index in [9.17, 15) is 9.59 Å². The van der Waals surface area contributed by atoms with E-state index in [2.05, 4.69) is 4.74 Å². The van der Waals surface area contributed by atoms with Gasteiger partial charge >= 0.3 is 11.9 Å². The molecular weight excluding hydrogens is 271 g/mol. The normalized spacial score (nSPS) is 11.2. The van der Waals surface area contributed by atoms with Crippen LogP contribution in [0.4, 0.5) is 0 Å². The van der Waals surface area contributed by atoms with Gasteiger partial charge in [-0.15, -0.1) is 0 Å². The van der Waals surface area contributed by atoms with Crippen LogP contribution in [0.25, 0.3) is 0 Å². The Morgan fingerprint density at radius 3 is 2.41 bits per heavy atom. The minimum Gasteiger partial charge on any atom is -0.497 e. The molecule has 0 spiro atoms. The summed E-state index contributed by atoms with van der Waals surface area (Å²) in [7, 11) is 0. The maximum absolute atomic E-state index is 11.1. The predicted molar refractivity (Wildman–Crippen MR) is 62.8 cm³/mol. The van der Waals surface area contributed by atoms with Gasteiger partial charge in [0.05, 0.1) is 18.4 Å². The molecule has 98 valence electrons. The highest BCUT2D eigenvalue weighted by Gasteiger charge is 2.12. The van der Waals surface area contributed by atoms with E-state index in [4.69, 9.17) is 32.7 Å². The fourth-order valence-electron chi connectivity index (χ4n) is 0.730. The van der Waals surface area contributed by atoms with Crippen LogP contribution in [0.15, 0.2) is 11.8 Å². The van der Waals surface area contributed by atoms with Gasteiger partial charge in [0.25, 0.3) is 0 Å². The molecule has 0 saturated heterocycles. The third kappa shape index (κ3) is 7.88. The summed E-state index contributed by atoms with van der Waals surface area (Å²) >= 11 is 10.5. The fourth-order valence-corrected chi connectivity index (χ4v) is 0.856. The van der Waals surface area contributed by atoms with Crippen molar-refractivity contribution in [1.29, 1.82) is 0 Å². The lowest BCUT2D eigenvalue weighted by molar-refractivity contribution is -0.143. The van der Waals surface area contributed by atoms with Gasteiger partial charge in [-0.2, -0.15) is 0 Å². The molecule has 7 heteroatoms. The summed E-state index contributed by atoms with van der Waals surface area (Å²) in [5.41, 5.74) is 0.325. The van der Waals surface area contributed by atoms with Crippen molar-refractivity contribution >= 4 is 35.1 Å². The Kier molecular flexibility index (Phi) is 8.62. The largest absolute Gasteiger partial charge is 0.497 e. The van der Waals surface area contributed by atoms with Crippen molar-refractivity contribution in [2.45, 2.75) is 18.7 Å². The summed E-state index contributed by atoms with van der Waals surface area (Å²) in [5, 5.41) is 0. The van der Waals surface area contributed by atoms with E-state index in [1.54, 1.807) is 13.8 Å². The van der Waals surface area contributed by atoms with Crippen molar-refractivity contribution in [2.75, 3.05) is 19.8 Å². The van der Waals surface area contributed by atoms with Crippen LogP contribution in [0.3, 0.4) is 0 Å². The van der Waals surface area contributed by atoms with Crippen LogP contribution >= 0.6 is 23.2 Å². The number of ether oxygens (including phenoxy) is 3. The van der Waals surface area contributed by atoms with Gasteiger partial charge in [0, 0.05) is 0 Å². The zero-order valence-corrected chi connectivity index (χ0v) is 11.1. The first-order chi connectivity index (χ1) is 7.99. The van der Waals surface area contributed by atoms with Crippen molar-refractivity contribution in [3.8, 4) is 0 Å². The molecule has 0 amide bonds. The zero-order valence-electron chi connectivity index (χ0n) is 9.57. The van der Waals surface area contributed by atoms with Gasteiger partial charge in [0.1, 0.15) is 13.2 Å². The number of carbonyl (C=O) groups excluding carboxylic acids is 2. The van der Waals surface area contributed by atoms with Gasteiger partial charge in [-0.05, 0) is 13.8 Å². The van der Waals surface area contributed by atoms with Crippen molar-refractivity contribution in [1.82, 2.24) is 0 Å². The van der Waals surface area contributed by atoms with E-state index < -0.39 is 16.8 Å². The summed E-state index contributed by atoms with van der Waals surface area (Å²) in [6.45, 7) is 3.66. The Morgan fingerprint density at radius 1 is 1.24 bits per heavy atom. The summed E-state index contributed by atoms with van der Waals surface area (Å²) in [5.74, 6) is -1.19. The summed E-state index contributed by atoms with van der Waals surface area (Å²) in [4.78, 5) is 20.7. The lowest BCUT2D eigenvalue weighted by Crippen LogP contribution is -2.15. The standard InChI is InChI=1S/C10H14Cl2O5/c1-3-16-9(13)7(2)6-15-4-5-17-10(14)8(11)12/h6,8H,3-5H2,1-2H3. The molecule has 0 aliphatic rings. The van der Waals surface area contributed by atoms with Crippen molar-refractivity contribution in [3.05, 3.63) is 11.8 Å². The predicted octanol–water partition coefficient (Wildman–Crippen LogP) is 1.82. The quantitative estimate of drug-likeness (QED) is 0.235. The highest BCUT2D eigenvalue weighted by Crippen LogP contribution is 2.03. The second-order valence-corrected chi connectivity index (χ2v) is 3.96. The van der Waals surface area contributed by atoms with E-state index >= 15 is 0 Å². The molecule has 0 N–H and O–H groups in total. The molecule has 17 heavy (non-hydrogen) atoms. The molecule has 0 rings (SSSR count). The number of hydrogen-bond donors (Lipinski definition) is 0. The zero-order chi connectivity index (χ0) is 13.3. The van der Waals surface area contributed by atoms with Crippen molar-refractivity contribution in [2.24, 2.45) is 0 Å². The average Bonchev–Trinajstić information content (AvgIpc) is 2.28. The summed E-state index contributed by atoms with van der Waals surface area (Å²) in [6.07, 6.45) is 1.24. The molecule has 0 radical (unpaired) electrons. The van der Waals surface area contributed by atoms with Crippen molar-refractivity contribution < 1.29 is 23.8 Å². The van der Waals surface area contributed by atoms with Crippen LogP contribution < -0.4 is 0 Å². The van der Waals surface area contributed by atoms with Gasteiger partial charge in [-0.25, -0.2) is 9.59 Å². The molecule has 0 aliphatic heterocycles. The number of esters is 2. The average molecular weight is 285 g/mol. The number of carbonyl (C=O) groups is 2. The second-order valence-electron chi connectivity index (χ2n) is 2.86. The molecule has 0 bridgehead atoms. The van der Waals surface area contributed by atoms with Crippen LogP contribution in [0.1, 0.15) is 13.8 Å². The monoisotopic (exact) mass is 284 g/mol. The molecule has 0 fully saturated rings. The van der Waals surface area contributed by atoms with Crippen LogP contribution in [0, 0.1) is 0 Å². The van der Waals surface area contributed by atoms with Gasteiger partial charge in [-0.1, -0.05) is 23.2 Å². The van der Waals surface area contributed by atoms with Gasteiger partial charge < -0.3 is 14.2 Å². The molecule has 5 nitrogen and oxygen atoms in total. The minimum atomic E-state index is -1.20. The number of halogens is 2. The first-order valence-corrected chi connectivity index (χ1v) is 5.76. The van der Waals surface area contributed by atoms with Gasteiger partial charge in [0.2, 0.25) is 4.84 Å². The Balaban J connectivity index is 3.73. The SMILES string of the molecule is CCOC(=O)C(C)=COCCOC(=O)C(Cl)Cl. The van der Waals surface area contributed by atoms with Crippen LogP contribution in [0.2, 0.25) is 0 Å². The Morgan fingerprint density at radius 2 is 1.88 bits per heavy atom. The van der Waals surface area contributed by atoms with E-state index in [1.165, 1.54) is 6.26 Å². The van der Waals surface area contributed by atoms with Crippen LogP contribution in [-0.4, -0.2) is 36.6 Å². The third-order valence-corrected chi connectivity index (χ3v) is 1.84. The Bertz CT molecular complexity index is 288. The Labute approximate surface area is 110 Å². The highest BCUT2D eigenvalue weighted by atomic mass is 35.5. The van der Waals surface area contributed by atoms with Gasteiger partial charge in [-0.3, -0.25) is 0 Å². The topological polar surface area (TPSA) is 61.8 Å². The molecule has 0 aliphatic carbocycles. The molecule has 0 saturated carbocycles. The molecule has 0 aromatic rings. The lowest BCUT2D eigenvalue weighted by atomic mass is 10.3. The summed E-state index contributed by atoms with van der Waals surface area (Å²) in [6, 6.07) is 0. The number of rotatable bonds is 7. The lowest BCUT2D eigenvalue weighted by Gasteiger charge is -2.05. The molecule has 0 aromatic heterocycles. The van der Waals surface area contributed by atoms with E-state index in [0.717, 1.165) is 0 Å². The maximum atomic E-state index is 11.1.